The summed E-state index contributed by atoms with van der Waals surface area (Å²) in [5.41, 5.74) is 7.23. The van der Waals surface area contributed by atoms with Gasteiger partial charge in [0.1, 0.15) is 6.54 Å². The number of nitrogens with two attached hydrogens (primary N) is 1. The maximum atomic E-state index is 12.7. The normalized spacial score (nSPS) is 10.2. The van der Waals surface area contributed by atoms with E-state index in [0.717, 1.165) is 0 Å². The highest BCUT2D eigenvalue weighted by atomic mass is 35.5. The molecule has 0 atom stereocenters. The molecule has 2 aromatic carbocycles. The number of nitrogens with zero attached hydrogens (tertiary/aromatic N) is 1. The summed E-state index contributed by atoms with van der Waals surface area (Å²) in [6, 6.07) is 13.2. The van der Waals surface area contributed by atoms with Crippen LogP contribution in [0.2, 0.25) is 5.02 Å². The van der Waals surface area contributed by atoms with Crippen LogP contribution in [0.5, 0.6) is 0 Å². The van der Waals surface area contributed by atoms with Crippen LogP contribution >= 0.6 is 11.6 Å². The molecule has 0 heterocycles. The number of amides is 1. The molecule has 0 radical (unpaired) electrons. The molecule has 120 valence electrons. The Labute approximate surface area is 139 Å². The Bertz CT molecular complexity index is 684. The molecular formula is C17H17ClN2O3. The number of hydrogen-bond acceptors (Lipinski definition) is 4. The number of halogens is 1. The minimum Gasteiger partial charge on any atom is -0.465 e. The van der Waals surface area contributed by atoms with Crippen molar-refractivity contribution >= 4 is 34.9 Å². The zero-order chi connectivity index (χ0) is 16.8. The van der Waals surface area contributed by atoms with Gasteiger partial charge in [0.05, 0.1) is 6.61 Å². The molecule has 0 fully saturated rings. The maximum absolute atomic E-state index is 12.7. The van der Waals surface area contributed by atoms with Gasteiger partial charge in [-0.15, -0.1) is 0 Å². The van der Waals surface area contributed by atoms with Crippen molar-refractivity contribution in [3.05, 3.63) is 59.1 Å². The summed E-state index contributed by atoms with van der Waals surface area (Å²) in [4.78, 5) is 25.9. The number of hydrogen-bond donors (Lipinski definition) is 1. The van der Waals surface area contributed by atoms with Gasteiger partial charge < -0.3 is 10.5 Å². The first-order valence-corrected chi connectivity index (χ1v) is 7.47. The van der Waals surface area contributed by atoms with E-state index in [1.165, 1.54) is 4.90 Å². The lowest BCUT2D eigenvalue weighted by molar-refractivity contribution is -0.141. The van der Waals surface area contributed by atoms with Crippen LogP contribution in [-0.2, 0) is 9.53 Å². The molecule has 2 aromatic rings. The van der Waals surface area contributed by atoms with Crippen molar-refractivity contribution in [2.75, 3.05) is 23.8 Å². The van der Waals surface area contributed by atoms with Crippen molar-refractivity contribution in [1.29, 1.82) is 0 Å². The first-order chi connectivity index (χ1) is 11.0. The van der Waals surface area contributed by atoms with Crippen LogP contribution in [0, 0.1) is 0 Å². The van der Waals surface area contributed by atoms with Gasteiger partial charge in [0, 0.05) is 22.0 Å². The summed E-state index contributed by atoms with van der Waals surface area (Å²) in [5, 5.41) is 0.533. The van der Waals surface area contributed by atoms with E-state index in [-0.39, 0.29) is 19.1 Å². The fraction of sp³-hybridized carbons (Fsp3) is 0.176. The average Bonchev–Trinajstić information content (AvgIpc) is 2.54. The second-order valence-electron chi connectivity index (χ2n) is 4.79. The third-order valence-electron chi connectivity index (χ3n) is 3.13. The summed E-state index contributed by atoms with van der Waals surface area (Å²) in [5.74, 6) is -0.800. The minimum absolute atomic E-state index is 0.181. The van der Waals surface area contributed by atoms with Crippen molar-refractivity contribution in [2.45, 2.75) is 6.92 Å². The second kappa shape index (κ2) is 7.65. The van der Waals surface area contributed by atoms with Gasteiger partial charge >= 0.3 is 5.97 Å². The molecular weight excluding hydrogens is 316 g/mol. The fourth-order valence-electron chi connectivity index (χ4n) is 2.02. The van der Waals surface area contributed by atoms with Crippen LogP contribution in [0.3, 0.4) is 0 Å². The summed E-state index contributed by atoms with van der Waals surface area (Å²) in [7, 11) is 0. The predicted molar refractivity (Wildman–Crippen MR) is 90.6 cm³/mol. The zero-order valence-corrected chi connectivity index (χ0v) is 13.4. The van der Waals surface area contributed by atoms with E-state index in [2.05, 4.69) is 0 Å². The highest BCUT2D eigenvalue weighted by Gasteiger charge is 2.21. The molecule has 0 aliphatic heterocycles. The molecule has 0 saturated heterocycles. The predicted octanol–water partition coefficient (Wildman–Crippen LogP) is 3.13. The lowest BCUT2D eigenvalue weighted by Gasteiger charge is -2.22. The summed E-state index contributed by atoms with van der Waals surface area (Å²) >= 11 is 5.84. The van der Waals surface area contributed by atoms with Crippen molar-refractivity contribution in [2.24, 2.45) is 0 Å². The smallest absolute Gasteiger partial charge is 0.326 e. The Morgan fingerprint density at radius 3 is 2.26 bits per heavy atom. The molecule has 2 N–H and O–H groups in total. The highest BCUT2D eigenvalue weighted by Crippen LogP contribution is 2.20. The Morgan fingerprint density at radius 2 is 1.70 bits per heavy atom. The number of ether oxygens (including phenoxy) is 1. The number of carbonyl (C=O) groups excluding carboxylic acids is 2. The van der Waals surface area contributed by atoms with E-state index in [4.69, 9.17) is 22.1 Å². The summed E-state index contributed by atoms with van der Waals surface area (Å²) in [6.45, 7) is 1.79. The lowest BCUT2D eigenvalue weighted by atomic mass is 10.1. The van der Waals surface area contributed by atoms with E-state index in [1.807, 2.05) is 0 Å². The highest BCUT2D eigenvalue weighted by molar-refractivity contribution is 6.30. The second-order valence-corrected chi connectivity index (χ2v) is 5.23. The molecule has 23 heavy (non-hydrogen) atoms. The van der Waals surface area contributed by atoms with Crippen molar-refractivity contribution in [3.63, 3.8) is 0 Å². The molecule has 0 aliphatic rings. The first-order valence-electron chi connectivity index (χ1n) is 7.10. The Hall–Kier alpha value is -2.53. The van der Waals surface area contributed by atoms with E-state index >= 15 is 0 Å². The van der Waals surface area contributed by atoms with E-state index in [1.54, 1.807) is 55.5 Å². The SMILES string of the molecule is CCOC(=O)CN(C(=O)c1ccc(Cl)cc1)c1ccc(N)cc1. The fourth-order valence-corrected chi connectivity index (χ4v) is 2.14. The molecule has 0 aliphatic carbocycles. The molecule has 0 unspecified atom stereocenters. The lowest BCUT2D eigenvalue weighted by Crippen LogP contribution is -2.36. The van der Waals surface area contributed by atoms with Gasteiger partial charge in [-0.05, 0) is 55.5 Å². The van der Waals surface area contributed by atoms with Gasteiger partial charge in [-0.2, -0.15) is 0 Å². The van der Waals surface area contributed by atoms with Crippen molar-refractivity contribution < 1.29 is 14.3 Å². The van der Waals surface area contributed by atoms with Gasteiger partial charge in [0.25, 0.3) is 5.91 Å². The van der Waals surface area contributed by atoms with Crippen LogP contribution in [-0.4, -0.2) is 25.0 Å². The summed E-state index contributed by atoms with van der Waals surface area (Å²) in [6.07, 6.45) is 0. The zero-order valence-electron chi connectivity index (χ0n) is 12.7. The van der Waals surface area contributed by atoms with Gasteiger partial charge in [-0.1, -0.05) is 11.6 Å². The van der Waals surface area contributed by atoms with E-state index in [9.17, 15) is 9.59 Å². The first kappa shape index (κ1) is 16.8. The van der Waals surface area contributed by atoms with E-state index < -0.39 is 5.97 Å². The molecule has 5 nitrogen and oxygen atoms in total. The topological polar surface area (TPSA) is 72.6 Å². The number of rotatable bonds is 5. The van der Waals surface area contributed by atoms with Crippen LogP contribution < -0.4 is 10.6 Å². The number of carbonyl (C=O) groups is 2. The third-order valence-corrected chi connectivity index (χ3v) is 3.39. The molecule has 2 rings (SSSR count). The van der Waals surface area contributed by atoms with Crippen LogP contribution in [0.25, 0.3) is 0 Å². The van der Waals surface area contributed by atoms with Crippen LogP contribution in [0.4, 0.5) is 11.4 Å². The van der Waals surface area contributed by atoms with Crippen molar-refractivity contribution in [3.8, 4) is 0 Å². The van der Waals surface area contributed by atoms with Gasteiger partial charge in [0.2, 0.25) is 0 Å². The standard InChI is InChI=1S/C17H17ClN2O3/c1-2-23-16(21)11-20(15-9-7-14(19)8-10-15)17(22)12-3-5-13(18)6-4-12/h3-10H,2,11,19H2,1H3. The molecule has 6 heteroatoms. The molecule has 0 aromatic heterocycles. The quantitative estimate of drug-likeness (QED) is 0.674. The summed E-state index contributed by atoms with van der Waals surface area (Å²) < 4.78 is 4.94. The average molecular weight is 333 g/mol. The molecule has 0 saturated carbocycles. The molecule has 1 amide bonds. The Balaban J connectivity index is 2.31. The number of anilines is 2. The Kier molecular flexibility index (Phi) is 5.60. The number of benzene rings is 2. The van der Waals surface area contributed by atoms with Crippen molar-refractivity contribution in [1.82, 2.24) is 0 Å². The number of esters is 1. The molecule has 0 bridgehead atoms. The van der Waals surface area contributed by atoms with E-state index in [0.29, 0.717) is 22.0 Å². The maximum Gasteiger partial charge on any atom is 0.326 e. The van der Waals surface area contributed by atoms with Gasteiger partial charge in [-0.25, -0.2) is 0 Å². The van der Waals surface area contributed by atoms with Crippen LogP contribution in [0.1, 0.15) is 17.3 Å². The largest absolute Gasteiger partial charge is 0.465 e. The third kappa shape index (κ3) is 4.47. The minimum atomic E-state index is -0.480. The monoisotopic (exact) mass is 332 g/mol. The molecule has 0 spiro atoms. The van der Waals surface area contributed by atoms with Crippen LogP contribution in [0.15, 0.2) is 48.5 Å². The number of nitrogen functional groups attached to an aromatic ring is 1. The Morgan fingerprint density at radius 1 is 1.09 bits per heavy atom. The van der Waals surface area contributed by atoms with Gasteiger partial charge in [-0.3, -0.25) is 14.5 Å². The van der Waals surface area contributed by atoms with Gasteiger partial charge in [0.15, 0.2) is 0 Å².